The Morgan fingerprint density at radius 2 is 1.80 bits per heavy atom. The Hall–Kier alpha value is -1.64. The lowest BCUT2D eigenvalue weighted by atomic mass is 10.0. The van der Waals surface area contributed by atoms with Crippen molar-refractivity contribution in [3.63, 3.8) is 0 Å². The maximum absolute atomic E-state index is 3.93. The molecule has 0 aliphatic heterocycles. The lowest BCUT2D eigenvalue weighted by molar-refractivity contribution is 1.73. The van der Waals surface area contributed by atoms with Gasteiger partial charge in [0.05, 0.1) is 0 Å². The Morgan fingerprint density at radius 3 is 2.55 bits per heavy atom. The molecular formula is C18H13BrS. The second-order valence-electron chi connectivity index (χ2n) is 4.53. The highest BCUT2D eigenvalue weighted by Gasteiger charge is 2.09. The largest absolute Gasteiger partial charge is 0.135 e. The van der Waals surface area contributed by atoms with Crippen molar-refractivity contribution in [1.82, 2.24) is 0 Å². The smallest absolute Gasteiger partial charge is 0.0433 e. The van der Waals surface area contributed by atoms with Crippen LogP contribution in [0.4, 0.5) is 0 Å². The summed E-state index contributed by atoms with van der Waals surface area (Å²) >= 11 is 5.22. The molecule has 0 spiro atoms. The van der Waals surface area contributed by atoms with Crippen LogP contribution in [0.2, 0.25) is 0 Å². The summed E-state index contributed by atoms with van der Waals surface area (Å²) in [5.74, 6) is 0. The molecule has 0 saturated carbocycles. The lowest BCUT2D eigenvalue weighted by Gasteiger charge is -2.04. The van der Waals surface area contributed by atoms with Gasteiger partial charge in [0.25, 0.3) is 0 Å². The van der Waals surface area contributed by atoms with Crippen molar-refractivity contribution in [2.75, 3.05) is 0 Å². The first-order valence-corrected chi connectivity index (χ1v) is 7.91. The van der Waals surface area contributed by atoms with E-state index in [9.17, 15) is 0 Å². The zero-order valence-electron chi connectivity index (χ0n) is 10.9. The third kappa shape index (κ3) is 2.26. The monoisotopic (exact) mass is 340 g/mol. The van der Waals surface area contributed by atoms with Crippen LogP contribution in [0.25, 0.3) is 25.7 Å². The number of hydrogen-bond donors (Lipinski definition) is 0. The van der Waals surface area contributed by atoms with E-state index in [0.717, 1.165) is 10.1 Å². The summed E-state index contributed by atoms with van der Waals surface area (Å²) in [6.07, 6.45) is 3.89. The van der Waals surface area contributed by atoms with Gasteiger partial charge < -0.3 is 0 Å². The van der Waals surface area contributed by atoms with Gasteiger partial charge in [-0.1, -0.05) is 71.6 Å². The summed E-state index contributed by atoms with van der Waals surface area (Å²) in [6.45, 7) is 7.81. The lowest BCUT2D eigenvalue weighted by Crippen LogP contribution is -1.81. The fourth-order valence-corrected chi connectivity index (χ4v) is 3.87. The Morgan fingerprint density at radius 1 is 1.05 bits per heavy atom. The molecule has 20 heavy (non-hydrogen) atoms. The molecule has 0 N–H and O–H groups in total. The van der Waals surface area contributed by atoms with Gasteiger partial charge in [-0.05, 0) is 23.3 Å². The maximum atomic E-state index is 3.93. The summed E-state index contributed by atoms with van der Waals surface area (Å²) in [5, 5.41) is 2.62. The fraction of sp³-hybridized carbons (Fsp3) is 0. The van der Waals surface area contributed by atoms with Gasteiger partial charge in [-0.25, -0.2) is 0 Å². The van der Waals surface area contributed by atoms with E-state index in [4.69, 9.17) is 0 Å². The predicted molar refractivity (Wildman–Crippen MR) is 95.6 cm³/mol. The minimum absolute atomic E-state index is 0.852. The molecule has 0 bridgehead atoms. The van der Waals surface area contributed by atoms with E-state index < -0.39 is 0 Å². The van der Waals surface area contributed by atoms with Crippen molar-refractivity contribution in [3.05, 3.63) is 77.8 Å². The predicted octanol–water partition coefficient (Wildman–Crippen LogP) is 6.53. The van der Waals surface area contributed by atoms with E-state index in [1.165, 1.54) is 25.7 Å². The first-order chi connectivity index (χ1) is 9.70. The SMILES string of the molecule is C=C/C(=C\C(=C)Br)c1cccc2c1sc1ccccc12. The van der Waals surface area contributed by atoms with Crippen LogP contribution < -0.4 is 0 Å². The average molecular weight is 341 g/mol. The Bertz CT molecular complexity index is 852. The van der Waals surface area contributed by atoms with Crippen LogP contribution in [-0.4, -0.2) is 0 Å². The molecule has 0 atom stereocenters. The highest BCUT2D eigenvalue weighted by atomic mass is 79.9. The van der Waals surface area contributed by atoms with Gasteiger partial charge in [0.15, 0.2) is 0 Å². The van der Waals surface area contributed by atoms with Crippen LogP contribution in [0, 0.1) is 0 Å². The van der Waals surface area contributed by atoms with Crippen molar-refractivity contribution in [3.8, 4) is 0 Å². The van der Waals surface area contributed by atoms with Gasteiger partial charge >= 0.3 is 0 Å². The van der Waals surface area contributed by atoms with Gasteiger partial charge in [-0.15, -0.1) is 11.3 Å². The topological polar surface area (TPSA) is 0 Å². The van der Waals surface area contributed by atoms with Crippen LogP contribution in [0.15, 0.2) is 72.3 Å². The van der Waals surface area contributed by atoms with Gasteiger partial charge in [0.1, 0.15) is 0 Å². The summed E-state index contributed by atoms with van der Waals surface area (Å²) < 4.78 is 3.47. The third-order valence-corrected chi connectivity index (χ3v) is 4.70. The second-order valence-corrected chi connectivity index (χ2v) is 6.60. The van der Waals surface area contributed by atoms with E-state index in [1.807, 2.05) is 23.5 Å². The number of halogens is 1. The number of fused-ring (bicyclic) bond motifs is 3. The number of hydrogen-bond acceptors (Lipinski definition) is 1. The molecule has 2 aromatic carbocycles. The zero-order valence-corrected chi connectivity index (χ0v) is 13.3. The van der Waals surface area contributed by atoms with Crippen LogP contribution >= 0.6 is 27.3 Å². The molecule has 0 fully saturated rings. The Kier molecular flexibility index (Phi) is 3.60. The third-order valence-electron chi connectivity index (χ3n) is 3.25. The molecule has 98 valence electrons. The minimum Gasteiger partial charge on any atom is -0.135 e. The van der Waals surface area contributed by atoms with Crippen molar-refractivity contribution in [1.29, 1.82) is 0 Å². The Balaban J connectivity index is 2.37. The van der Waals surface area contributed by atoms with E-state index in [1.54, 1.807) is 0 Å². The van der Waals surface area contributed by atoms with E-state index in [0.29, 0.717) is 0 Å². The van der Waals surface area contributed by atoms with Crippen LogP contribution in [-0.2, 0) is 0 Å². The van der Waals surface area contributed by atoms with Crippen LogP contribution in [0.5, 0.6) is 0 Å². The van der Waals surface area contributed by atoms with Crippen LogP contribution in [0.1, 0.15) is 5.56 Å². The van der Waals surface area contributed by atoms with Crippen molar-refractivity contribution in [2.24, 2.45) is 0 Å². The van der Waals surface area contributed by atoms with Crippen LogP contribution in [0.3, 0.4) is 0 Å². The summed E-state index contributed by atoms with van der Waals surface area (Å²) in [7, 11) is 0. The molecule has 2 heteroatoms. The summed E-state index contributed by atoms with van der Waals surface area (Å²) in [4.78, 5) is 0. The van der Waals surface area contributed by atoms with Gasteiger partial charge in [0.2, 0.25) is 0 Å². The van der Waals surface area contributed by atoms with E-state index >= 15 is 0 Å². The molecule has 0 saturated heterocycles. The molecule has 0 aliphatic carbocycles. The molecule has 0 unspecified atom stereocenters. The van der Waals surface area contributed by atoms with E-state index in [-0.39, 0.29) is 0 Å². The molecule has 1 heterocycles. The highest BCUT2D eigenvalue weighted by molar-refractivity contribution is 9.11. The first kappa shape index (κ1) is 13.3. The molecule has 0 amide bonds. The zero-order chi connectivity index (χ0) is 14.1. The van der Waals surface area contributed by atoms with Gasteiger partial charge in [-0.3, -0.25) is 0 Å². The fourth-order valence-electron chi connectivity index (χ4n) is 2.39. The molecule has 3 rings (SSSR count). The average Bonchev–Trinajstić information content (AvgIpc) is 2.83. The Labute approximate surface area is 130 Å². The normalized spacial score (nSPS) is 11.9. The summed E-state index contributed by atoms with van der Waals surface area (Å²) in [5.41, 5.74) is 2.29. The summed E-state index contributed by atoms with van der Waals surface area (Å²) in [6, 6.07) is 14.9. The standard InChI is InChI=1S/C18H13BrS/c1-3-13(11-12(2)19)14-8-6-9-16-15-7-4-5-10-17(15)20-18(14)16/h3-11H,1-2H2/b13-11+. The molecule has 0 radical (unpaired) electrons. The number of rotatable bonds is 3. The van der Waals surface area contributed by atoms with Crippen molar-refractivity contribution < 1.29 is 0 Å². The quantitative estimate of drug-likeness (QED) is 0.475. The molecule has 1 aromatic heterocycles. The second kappa shape index (κ2) is 5.39. The molecule has 0 nitrogen and oxygen atoms in total. The number of benzene rings is 2. The van der Waals surface area contributed by atoms with Gasteiger partial charge in [-0.2, -0.15) is 0 Å². The molecule has 3 aromatic rings. The highest BCUT2D eigenvalue weighted by Crippen LogP contribution is 2.38. The van der Waals surface area contributed by atoms with Crippen molar-refractivity contribution >= 4 is 53.0 Å². The maximum Gasteiger partial charge on any atom is 0.0433 e. The van der Waals surface area contributed by atoms with E-state index in [2.05, 4.69) is 71.6 Å². The number of thiophene rings is 1. The first-order valence-electron chi connectivity index (χ1n) is 6.30. The minimum atomic E-state index is 0.852. The van der Waals surface area contributed by atoms with Crippen molar-refractivity contribution in [2.45, 2.75) is 0 Å². The molecular weight excluding hydrogens is 328 g/mol. The number of allylic oxidation sites excluding steroid dienone is 4. The van der Waals surface area contributed by atoms with Gasteiger partial charge in [0, 0.05) is 24.7 Å². The molecule has 0 aliphatic rings.